The van der Waals surface area contributed by atoms with Crippen molar-refractivity contribution in [2.24, 2.45) is 0 Å². The molecule has 0 atom stereocenters. The Labute approximate surface area is 86.5 Å². The summed E-state index contributed by atoms with van der Waals surface area (Å²) in [4.78, 5) is 3.90. The molecule has 2 rings (SSSR count). The lowest BCUT2D eigenvalue weighted by atomic mass is 10.1. The quantitative estimate of drug-likeness (QED) is 0.673. The lowest BCUT2D eigenvalue weighted by Gasteiger charge is -2.01. The van der Waals surface area contributed by atoms with Crippen LogP contribution >= 0.6 is 0 Å². The van der Waals surface area contributed by atoms with Gasteiger partial charge >= 0.3 is 0 Å². The Hall–Kier alpha value is -1.70. The Morgan fingerprint density at radius 3 is 2.79 bits per heavy atom. The summed E-state index contributed by atoms with van der Waals surface area (Å²) < 4.78 is 35.1. The SMILES string of the molecule is [2H]C([2H])([2H])c1cc(-c2ccccc2)ncc1F. The third kappa shape index (κ3) is 1.64. The zero-order valence-electron chi connectivity index (χ0n) is 10.4. The number of halogens is 1. The van der Waals surface area contributed by atoms with E-state index in [2.05, 4.69) is 4.98 Å². The van der Waals surface area contributed by atoms with Gasteiger partial charge in [-0.15, -0.1) is 0 Å². The normalized spacial score (nSPS) is 14.2. The molecule has 0 saturated heterocycles. The van der Waals surface area contributed by atoms with E-state index in [1.807, 2.05) is 18.2 Å². The fourth-order valence-electron chi connectivity index (χ4n) is 1.21. The first-order valence-corrected chi connectivity index (χ1v) is 4.20. The molecule has 70 valence electrons. The summed E-state index contributed by atoms with van der Waals surface area (Å²) >= 11 is 0. The lowest BCUT2D eigenvalue weighted by Crippen LogP contribution is -1.88. The molecule has 14 heavy (non-hydrogen) atoms. The largest absolute Gasteiger partial charge is 0.253 e. The van der Waals surface area contributed by atoms with Gasteiger partial charge in [0.2, 0.25) is 0 Å². The Kier molecular flexibility index (Phi) is 1.51. The average Bonchev–Trinajstić information content (AvgIpc) is 2.29. The number of aromatic nitrogens is 1. The van der Waals surface area contributed by atoms with E-state index in [-0.39, 0.29) is 5.56 Å². The van der Waals surface area contributed by atoms with Crippen molar-refractivity contribution in [3.05, 3.63) is 54.0 Å². The summed E-state index contributed by atoms with van der Waals surface area (Å²) in [5.74, 6) is -0.801. The van der Waals surface area contributed by atoms with Crippen LogP contribution in [0.5, 0.6) is 0 Å². The molecule has 0 aliphatic heterocycles. The number of hydrogen-bond acceptors (Lipinski definition) is 1. The first-order valence-electron chi connectivity index (χ1n) is 5.70. The van der Waals surface area contributed by atoms with Crippen molar-refractivity contribution < 1.29 is 8.50 Å². The van der Waals surface area contributed by atoms with Crippen LogP contribution in [0.15, 0.2) is 42.6 Å². The van der Waals surface area contributed by atoms with E-state index in [1.165, 1.54) is 6.07 Å². The van der Waals surface area contributed by atoms with Gasteiger partial charge in [-0.3, -0.25) is 4.98 Å². The van der Waals surface area contributed by atoms with Crippen LogP contribution in [-0.2, 0) is 0 Å². The highest BCUT2D eigenvalue weighted by molar-refractivity contribution is 5.59. The van der Waals surface area contributed by atoms with Crippen molar-refractivity contribution in [1.82, 2.24) is 4.98 Å². The molecule has 0 unspecified atom stereocenters. The molecule has 0 fully saturated rings. The predicted molar refractivity (Wildman–Crippen MR) is 54.4 cm³/mol. The minimum atomic E-state index is -2.46. The van der Waals surface area contributed by atoms with E-state index < -0.39 is 12.7 Å². The van der Waals surface area contributed by atoms with Crippen LogP contribution < -0.4 is 0 Å². The second-order valence-corrected chi connectivity index (χ2v) is 2.92. The zero-order valence-corrected chi connectivity index (χ0v) is 7.37. The molecule has 0 saturated carbocycles. The molecule has 1 nitrogen and oxygen atoms in total. The number of nitrogens with zero attached hydrogens (tertiary/aromatic N) is 1. The van der Waals surface area contributed by atoms with Gasteiger partial charge < -0.3 is 0 Å². The Morgan fingerprint density at radius 2 is 2.07 bits per heavy atom. The van der Waals surface area contributed by atoms with Gasteiger partial charge in [-0.25, -0.2) is 4.39 Å². The van der Waals surface area contributed by atoms with Crippen LogP contribution in [0.2, 0.25) is 0 Å². The van der Waals surface area contributed by atoms with Gasteiger partial charge in [-0.1, -0.05) is 30.3 Å². The van der Waals surface area contributed by atoms with Gasteiger partial charge in [-0.2, -0.15) is 0 Å². The summed E-state index contributed by atoms with van der Waals surface area (Å²) in [5.41, 5.74) is 0.919. The summed E-state index contributed by atoms with van der Waals surface area (Å²) in [6.45, 7) is -2.46. The highest BCUT2D eigenvalue weighted by Gasteiger charge is 2.01. The van der Waals surface area contributed by atoms with Gasteiger partial charge in [-0.05, 0) is 18.5 Å². The molecule has 0 spiro atoms. The van der Waals surface area contributed by atoms with E-state index in [0.29, 0.717) is 5.69 Å². The lowest BCUT2D eigenvalue weighted by molar-refractivity contribution is 0.612. The average molecular weight is 190 g/mol. The first-order chi connectivity index (χ1) is 7.98. The second kappa shape index (κ2) is 3.58. The molecular weight excluding hydrogens is 177 g/mol. The van der Waals surface area contributed by atoms with Crippen LogP contribution in [0.1, 0.15) is 9.68 Å². The standard InChI is InChI=1S/C12H10FN/c1-9-7-12(14-8-11(9)13)10-5-3-2-4-6-10/h2-8H,1H3/i1D3. The molecular formula is C12H10FN. The summed E-state index contributed by atoms with van der Waals surface area (Å²) in [6, 6.07) is 10.3. The minimum absolute atomic E-state index is 0.300. The van der Waals surface area contributed by atoms with Crippen LogP contribution in [0.25, 0.3) is 11.3 Å². The maximum absolute atomic E-state index is 13.4. The van der Waals surface area contributed by atoms with Gasteiger partial charge in [0, 0.05) is 9.68 Å². The van der Waals surface area contributed by atoms with Gasteiger partial charge in [0.15, 0.2) is 0 Å². The van der Waals surface area contributed by atoms with Gasteiger partial charge in [0.1, 0.15) is 5.82 Å². The molecule has 2 aromatic rings. The number of hydrogen-bond donors (Lipinski definition) is 0. The van der Waals surface area contributed by atoms with Crippen LogP contribution in [0.4, 0.5) is 4.39 Å². The van der Waals surface area contributed by atoms with Gasteiger partial charge in [0.05, 0.1) is 11.9 Å². The monoisotopic (exact) mass is 190 g/mol. The Balaban J connectivity index is 2.53. The molecule has 0 amide bonds. The first kappa shape index (κ1) is 5.91. The zero-order chi connectivity index (χ0) is 12.5. The summed E-state index contributed by atoms with van der Waals surface area (Å²) in [7, 11) is 0. The third-order valence-corrected chi connectivity index (χ3v) is 1.92. The van der Waals surface area contributed by atoms with E-state index >= 15 is 0 Å². The Bertz CT molecular complexity index is 523. The predicted octanol–water partition coefficient (Wildman–Crippen LogP) is 3.20. The van der Waals surface area contributed by atoms with Crippen LogP contribution in [-0.4, -0.2) is 4.98 Å². The van der Waals surface area contributed by atoms with Crippen molar-refractivity contribution in [2.45, 2.75) is 6.85 Å². The summed E-state index contributed by atoms with van der Waals surface area (Å²) in [5, 5.41) is 0. The molecule has 0 aliphatic carbocycles. The number of benzene rings is 1. The number of aryl methyl sites for hydroxylation is 1. The van der Waals surface area contributed by atoms with E-state index in [1.54, 1.807) is 12.1 Å². The third-order valence-electron chi connectivity index (χ3n) is 1.92. The van der Waals surface area contributed by atoms with E-state index in [0.717, 1.165) is 11.8 Å². The molecule has 2 heteroatoms. The van der Waals surface area contributed by atoms with Crippen LogP contribution in [0, 0.1) is 12.7 Å². The van der Waals surface area contributed by atoms with Crippen molar-refractivity contribution in [3.8, 4) is 11.3 Å². The van der Waals surface area contributed by atoms with Crippen molar-refractivity contribution in [1.29, 1.82) is 0 Å². The van der Waals surface area contributed by atoms with E-state index in [9.17, 15) is 4.39 Å². The van der Waals surface area contributed by atoms with Crippen LogP contribution in [0.3, 0.4) is 0 Å². The second-order valence-electron chi connectivity index (χ2n) is 2.92. The maximum atomic E-state index is 13.4. The number of pyridine rings is 1. The molecule has 0 bridgehead atoms. The molecule has 0 N–H and O–H groups in total. The van der Waals surface area contributed by atoms with Crippen molar-refractivity contribution >= 4 is 0 Å². The topological polar surface area (TPSA) is 12.9 Å². The fraction of sp³-hybridized carbons (Fsp3) is 0.0833. The number of rotatable bonds is 1. The van der Waals surface area contributed by atoms with Crippen molar-refractivity contribution in [2.75, 3.05) is 0 Å². The molecule has 0 aliphatic rings. The van der Waals surface area contributed by atoms with E-state index in [4.69, 9.17) is 4.11 Å². The molecule has 1 heterocycles. The summed E-state index contributed by atoms with van der Waals surface area (Å²) in [6.07, 6.45) is 0.948. The smallest absolute Gasteiger partial charge is 0.144 e. The molecule has 1 aromatic carbocycles. The van der Waals surface area contributed by atoms with Gasteiger partial charge in [0.25, 0.3) is 0 Å². The minimum Gasteiger partial charge on any atom is -0.253 e. The maximum Gasteiger partial charge on any atom is 0.144 e. The molecule has 1 aromatic heterocycles. The van der Waals surface area contributed by atoms with Crippen molar-refractivity contribution in [3.63, 3.8) is 0 Å². The highest BCUT2D eigenvalue weighted by atomic mass is 19.1. The molecule has 0 radical (unpaired) electrons. The fourth-order valence-corrected chi connectivity index (χ4v) is 1.21. The highest BCUT2D eigenvalue weighted by Crippen LogP contribution is 2.18. The Morgan fingerprint density at radius 1 is 1.29 bits per heavy atom.